The lowest BCUT2D eigenvalue weighted by atomic mass is 10.2. The Morgan fingerprint density at radius 2 is 1.63 bits per heavy atom. The van der Waals surface area contributed by atoms with Crippen LogP contribution >= 0.6 is 11.8 Å². The maximum atomic E-state index is 5.78. The third-order valence-corrected chi connectivity index (χ3v) is 5.45. The van der Waals surface area contributed by atoms with Gasteiger partial charge in [-0.25, -0.2) is 0 Å². The summed E-state index contributed by atoms with van der Waals surface area (Å²) in [5.41, 5.74) is 1.95. The number of rotatable bonds is 9. The Morgan fingerprint density at radius 1 is 0.867 bits per heavy atom. The predicted octanol–water partition coefficient (Wildman–Crippen LogP) is 4.90. The van der Waals surface area contributed by atoms with Crippen molar-refractivity contribution in [2.24, 2.45) is 0 Å². The summed E-state index contributed by atoms with van der Waals surface area (Å²) in [6.45, 7) is 0.658. The van der Waals surface area contributed by atoms with E-state index in [1.807, 2.05) is 66.7 Å². The molecule has 0 aliphatic heterocycles. The maximum Gasteiger partial charge on any atom is 0.196 e. The smallest absolute Gasteiger partial charge is 0.196 e. The van der Waals surface area contributed by atoms with E-state index in [-0.39, 0.29) is 0 Å². The maximum absolute atomic E-state index is 5.78. The van der Waals surface area contributed by atoms with Crippen molar-refractivity contribution in [2.75, 3.05) is 19.5 Å². The van der Waals surface area contributed by atoms with Crippen LogP contribution in [0.25, 0.3) is 17.1 Å². The minimum Gasteiger partial charge on any atom is -0.497 e. The molecular weight excluding hydrogens is 396 g/mol. The van der Waals surface area contributed by atoms with Gasteiger partial charge in [0.05, 0.1) is 13.7 Å². The molecule has 2 heterocycles. The Morgan fingerprint density at radius 3 is 2.37 bits per heavy atom. The van der Waals surface area contributed by atoms with Gasteiger partial charge in [-0.1, -0.05) is 30.0 Å². The number of thioether (sulfide) groups is 1. The average molecular weight is 419 g/mol. The standard InChI is InChI=1S/C23H22N4O2S/c1-28-20-10-8-19(9-11-20)27-22(18-12-14-24-15-13-18)25-26-23(27)30-17-5-16-29-21-6-3-2-4-7-21/h2-4,6-15H,5,16-17H2,1H3. The van der Waals surface area contributed by atoms with Gasteiger partial charge >= 0.3 is 0 Å². The number of ether oxygens (including phenoxy) is 2. The zero-order chi connectivity index (χ0) is 20.6. The number of benzene rings is 2. The molecule has 4 rings (SSSR count). The molecule has 0 radical (unpaired) electrons. The van der Waals surface area contributed by atoms with Crippen LogP contribution in [0.3, 0.4) is 0 Å². The zero-order valence-electron chi connectivity index (χ0n) is 16.6. The number of nitrogens with zero attached hydrogens (tertiary/aromatic N) is 4. The first-order chi connectivity index (χ1) is 14.8. The molecule has 30 heavy (non-hydrogen) atoms. The summed E-state index contributed by atoms with van der Waals surface area (Å²) in [5, 5.41) is 9.74. The molecule has 0 fully saturated rings. The van der Waals surface area contributed by atoms with Crippen LogP contribution in [-0.4, -0.2) is 39.2 Å². The van der Waals surface area contributed by atoms with Gasteiger partial charge in [0.1, 0.15) is 11.5 Å². The van der Waals surface area contributed by atoms with Crippen LogP contribution < -0.4 is 9.47 Å². The molecule has 0 amide bonds. The molecule has 0 spiro atoms. The summed E-state index contributed by atoms with van der Waals surface area (Å²) in [6, 6.07) is 21.6. The number of hydrogen-bond acceptors (Lipinski definition) is 6. The van der Waals surface area contributed by atoms with Gasteiger partial charge in [-0.05, 0) is 55.0 Å². The fourth-order valence-electron chi connectivity index (χ4n) is 2.94. The Labute approximate surface area is 179 Å². The van der Waals surface area contributed by atoms with E-state index in [1.54, 1.807) is 31.3 Å². The van der Waals surface area contributed by atoms with Crippen LogP contribution in [0.5, 0.6) is 11.5 Å². The SMILES string of the molecule is COc1ccc(-n2c(SCCCOc3ccccc3)nnc2-c2ccncc2)cc1. The Balaban J connectivity index is 1.50. The van der Waals surface area contributed by atoms with Crippen LogP contribution in [0.4, 0.5) is 0 Å². The molecule has 0 aliphatic carbocycles. The van der Waals surface area contributed by atoms with Gasteiger partial charge in [0.2, 0.25) is 0 Å². The highest BCUT2D eigenvalue weighted by Gasteiger charge is 2.16. The van der Waals surface area contributed by atoms with E-state index >= 15 is 0 Å². The minimum atomic E-state index is 0.658. The number of methoxy groups -OCH3 is 1. The van der Waals surface area contributed by atoms with Crippen LogP contribution in [0, 0.1) is 0 Å². The highest BCUT2D eigenvalue weighted by molar-refractivity contribution is 7.99. The largest absolute Gasteiger partial charge is 0.497 e. The van der Waals surface area contributed by atoms with E-state index in [2.05, 4.69) is 19.7 Å². The molecule has 0 saturated carbocycles. The van der Waals surface area contributed by atoms with E-state index in [4.69, 9.17) is 9.47 Å². The van der Waals surface area contributed by atoms with Crippen molar-refractivity contribution < 1.29 is 9.47 Å². The number of pyridine rings is 1. The van der Waals surface area contributed by atoms with Gasteiger partial charge in [-0.3, -0.25) is 9.55 Å². The van der Waals surface area contributed by atoms with E-state index < -0.39 is 0 Å². The predicted molar refractivity (Wildman–Crippen MR) is 118 cm³/mol. The summed E-state index contributed by atoms with van der Waals surface area (Å²) in [4.78, 5) is 4.10. The van der Waals surface area contributed by atoms with Crippen molar-refractivity contribution in [1.29, 1.82) is 0 Å². The molecule has 0 bridgehead atoms. The molecule has 4 aromatic rings. The molecule has 2 aromatic carbocycles. The molecular formula is C23H22N4O2S. The van der Waals surface area contributed by atoms with Crippen molar-refractivity contribution in [1.82, 2.24) is 19.7 Å². The van der Waals surface area contributed by atoms with Gasteiger partial charge in [0.25, 0.3) is 0 Å². The third kappa shape index (κ3) is 4.80. The fraction of sp³-hybridized carbons (Fsp3) is 0.174. The Bertz CT molecular complexity index is 1050. The highest BCUT2D eigenvalue weighted by Crippen LogP contribution is 2.29. The second-order valence-electron chi connectivity index (χ2n) is 6.44. The number of hydrogen-bond donors (Lipinski definition) is 0. The normalized spacial score (nSPS) is 10.7. The zero-order valence-corrected chi connectivity index (χ0v) is 17.5. The van der Waals surface area contributed by atoms with Crippen molar-refractivity contribution in [3.63, 3.8) is 0 Å². The second-order valence-corrected chi connectivity index (χ2v) is 7.50. The van der Waals surface area contributed by atoms with E-state index in [0.717, 1.165) is 45.9 Å². The van der Waals surface area contributed by atoms with Crippen molar-refractivity contribution in [3.8, 4) is 28.6 Å². The van der Waals surface area contributed by atoms with Crippen LogP contribution in [0.1, 0.15) is 6.42 Å². The molecule has 0 atom stereocenters. The first-order valence-electron chi connectivity index (χ1n) is 9.66. The third-order valence-electron chi connectivity index (χ3n) is 4.43. The summed E-state index contributed by atoms with van der Waals surface area (Å²) >= 11 is 1.66. The lowest BCUT2D eigenvalue weighted by molar-refractivity contribution is 0.318. The van der Waals surface area contributed by atoms with Crippen LogP contribution in [0.15, 0.2) is 84.3 Å². The Kier molecular flexibility index (Phi) is 6.61. The van der Waals surface area contributed by atoms with Crippen molar-refractivity contribution in [3.05, 3.63) is 79.1 Å². The molecule has 0 saturated heterocycles. The number of aromatic nitrogens is 4. The lowest BCUT2D eigenvalue weighted by Gasteiger charge is -2.11. The highest BCUT2D eigenvalue weighted by atomic mass is 32.2. The molecule has 2 aromatic heterocycles. The first-order valence-corrected chi connectivity index (χ1v) is 10.6. The summed E-state index contributed by atoms with van der Waals surface area (Å²) in [7, 11) is 1.66. The molecule has 0 N–H and O–H groups in total. The molecule has 7 heteroatoms. The monoisotopic (exact) mass is 418 g/mol. The van der Waals surface area contributed by atoms with Crippen LogP contribution in [0.2, 0.25) is 0 Å². The fourth-order valence-corrected chi connectivity index (χ4v) is 3.81. The summed E-state index contributed by atoms with van der Waals surface area (Å²) < 4.78 is 13.1. The second kappa shape index (κ2) is 9.93. The minimum absolute atomic E-state index is 0.658. The van der Waals surface area contributed by atoms with E-state index in [9.17, 15) is 0 Å². The lowest BCUT2D eigenvalue weighted by Crippen LogP contribution is -2.02. The van der Waals surface area contributed by atoms with Gasteiger partial charge in [-0.15, -0.1) is 10.2 Å². The molecule has 0 unspecified atom stereocenters. The Hall–Kier alpha value is -3.32. The number of para-hydroxylation sites is 1. The quantitative estimate of drug-likeness (QED) is 0.285. The van der Waals surface area contributed by atoms with Crippen molar-refractivity contribution in [2.45, 2.75) is 11.6 Å². The molecule has 6 nitrogen and oxygen atoms in total. The summed E-state index contributed by atoms with van der Waals surface area (Å²) in [5.74, 6) is 3.36. The van der Waals surface area contributed by atoms with E-state index in [0.29, 0.717) is 6.61 Å². The van der Waals surface area contributed by atoms with Crippen LogP contribution in [-0.2, 0) is 0 Å². The average Bonchev–Trinajstić information content (AvgIpc) is 3.24. The topological polar surface area (TPSA) is 62.1 Å². The van der Waals surface area contributed by atoms with Gasteiger partial charge < -0.3 is 9.47 Å². The first kappa shape index (κ1) is 20.0. The van der Waals surface area contributed by atoms with E-state index in [1.165, 1.54) is 0 Å². The summed E-state index contributed by atoms with van der Waals surface area (Å²) in [6.07, 6.45) is 4.42. The van der Waals surface area contributed by atoms with Crippen molar-refractivity contribution >= 4 is 11.8 Å². The van der Waals surface area contributed by atoms with Gasteiger partial charge in [0, 0.05) is 29.4 Å². The molecule has 152 valence electrons. The molecule has 0 aliphatic rings. The van der Waals surface area contributed by atoms with Gasteiger partial charge in [0.15, 0.2) is 11.0 Å². The van der Waals surface area contributed by atoms with Gasteiger partial charge in [-0.2, -0.15) is 0 Å².